The van der Waals surface area contributed by atoms with Gasteiger partial charge in [0.1, 0.15) is 0 Å². The summed E-state index contributed by atoms with van der Waals surface area (Å²) in [5.74, 6) is -0.269. The second-order valence-electron chi connectivity index (χ2n) is 13.8. The molecule has 8 nitrogen and oxygen atoms in total. The van der Waals surface area contributed by atoms with Crippen molar-refractivity contribution in [3.05, 3.63) is 97.2 Å². The van der Waals surface area contributed by atoms with Crippen LogP contribution in [0.5, 0.6) is 0 Å². The molecule has 0 aromatic heterocycles. The molecule has 3 atom stereocenters. The normalized spacial score (nSPS) is 15.1. The first-order chi connectivity index (χ1) is 26.9. The molecule has 0 aromatic rings. The molecule has 0 saturated heterocycles. The van der Waals surface area contributed by atoms with Gasteiger partial charge >= 0.3 is 7.82 Å². The number of hydrogen-bond donors (Lipinski definition) is 4. The van der Waals surface area contributed by atoms with E-state index in [4.69, 9.17) is 14.8 Å². The van der Waals surface area contributed by atoms with Crippen LogP contribution in [-0.4, -0.2) is 47.8 Å². The monoisotopic (exact) mass is 787 g/mol. The molecule has 1 amide bonds. The lowest BCUT2D eigenvalue weighted by Gasteiger charge is -2.23. The van der Waals surface area contributed by atoms with Gasteiger partial charge in [-0.1, -0.05) is 162 Å². The van der Waals surface area contributed by atoms with E-state index in [1.807, 2.05) is 6.08 Å². The molecule has 9 heteroatoms. The molecule has 0 aromatic carbocycles. The van der Waals surface area contributed by atoms with Gasteiger partial charge in [0.05, 0.1) is 25.4 Å². The van der Waals surface area contributed by atoms with E-state index >= 15 is 0 Å². The number of phosphoric ester groups is 1. The van der Waals surface area contributed by atoms with E-state index in [2.05, 4.69) is 104 Å². The zero-order valence-corrected chi connectivity index (χ0v) is 35.5. The minimum absolute atomic E-state index is 0.0574. The van der Waals surface area contributed by atoms with Gasteiger partial charge in [-0.05, 0) is 83.5 Å². The van der Waals surface area contributed by atoms with Gasteiger partial charge in [0.2, 0.25) is 5.91 Å². The third-order valence-electron chi connectivity index (χ3n) is 8.62. The zero-order valence-electron chi connectivity index (χ0n) is 34.6. The molecule has 0 aliphatic carbocycles. The summed E-state index contributed by atoms with van der Waals surface area (Å²) in [5.41, 5.74) is 5.36. The molecule has 0 aliphatic rings. The summed E-state index contributed by atoms with van der Waals surface area (Å²) in [7, 11) is -4.37. The quantitative estimate of drug-likeness (QED) is 0.0278. The van der Waals surface area contributed by atoms with Gasteiger partial charge in [-0.15, -0.1) is 0 Å². The number of aliphatic hydroxyl groups excluding tert-OH is 1. The Balaban J connectivity index is 4.44. The van der Waals surface area contributed by atoms with Crippen LogP contribution in [-0.2, 0) is 18.4 Å². The van der Waals surface area contributed by atoms with Gasteiger partial charge in [-0.3, -0.25) is 13.8 Å². The standard InChI is InChI=1S/C46H79N2O6P/c1-3-5-7-9-11-13-15-17-19-21-22-24-25-27-29-31-33-35-37-39-45(49)44(43-54-55(51,52)53-42-41-47)48-46(50)40-38-36-34-32-30-28-26-23-20-18-16-14-12-10-8-6-4-2/h6,8,12,14,18,20,22,24,26,28-29,31-32,34,37,39,44-45,49H,3-5,7,9-11,13,15-17,19,21,23,25,27,30,33,35-36,38,40-43,47H2,1-2H3,(H,48,50)(H,51,52)/b8-6-,14-12-,20-18-,24-22+,28-26-,31-29+,34-32-,39-37+. The van der Waals surface area contributed by atoms with Crippen LogP contribution >= 0.6 is 7.82 Å². The molecule has 0 spiro atoms. The Labute approximate surface area is 336 Å². The maximum absolute atomic E-state index is 12.7. The number of carbonyl (C=O) groups is 1. The SMILES string of the molecule is CC/C=C\C/C=C\C/C=C\C/C=C\C/C=C\CCCC(=O)NC(COP(=O)(O)OCCN)C(O)/C=C/CC/C=C/CC/C=C/CCCCCCCCCCC. The van der Waals surface area contributed by atoms with Gasteiger partial charge in [0.25, 0.3) is 0 Å². The number of carbonyl (C=O) groups excluding carboxylic acids is 1. The third-order valence-corrected chi connectivity index (χ3v) is 9.61. The van der Waals surface area contributed by atoms with Gasteiger partial charge in [-0.25, -0.2) is 4.57 Å². The largest absolute Gasteiger partial charge is 0.472 e. The molecule has 0 fully saturated rings. The lowest BCUT2D eigenvalue weighted by molar-refractivity contribution is -0.122. The van der Waals surface area contributed by atoms with Gasteiger partial charge in [0, 0.05) is 13.0 Å². The Morgan fingerprint density at radius 1 is 0.618 bits per heavy atom. The Morgan fingerprint density at radius 3 is 1.62 bits per heavy atom. The number of hydrogen-bond acceptors (Lipinski definition) is 6. The summed E-state index contributed by atoms with van der Waals surface area (Å²) in [6.07, 6.45) is 56.1. The van der Waals surface area contributed by atoms with Crippen LogP contribution < -0.4 is 11.1 Å². The highest BCUT2D eigenvalue weighted by molar-refractivity contribution is 7.47. The summed E-state index contributed by atoms with van der Waals surface area (Å²) in [4.78, 5) is 22.7. The van der Waals surface area contributed by atoms with Crippen molar-refractivity contribution in [2.24, 2.45) is 5.73 Å². The summed E-state index contributed by atoms with van der Waals surface area (Å²) in [6, 6.07) is -0.919. The summed E-state index contributed by atoms with van der Waals surface area (Å²) in [6.45, 7) is 3.92. The minimum Gasteiger partial charge on any atom is -0.387 e. The van der Waals surface area contributed by atoms with Crippen molar-refractivity contribution in [1.29, 1.82) is 0 Å². The second kappa shape index (κ2) is 41.1. The van der Waals surface area contributed by atoms with E-state index in [0.717, 1.165) is 64.2 Å². The van der Waals surface area contributed by atoms with Crippen molar-refractivity contribution < 1.29 is 28.4 Å². The molecule has 0 heterocycles. The van der Waals surface area contributed by atoms with E-state index in [-0.39, 0.29) is 25.5 Å². The number of aliphatic hydroxyl groups is 1. The Morgan fingerprint density at radius 2 is 1.07 bits per heavy atom. The molecule has 314 valence electrons. The fourth-order valence-corrected chi connectivity index (χ4v) is 6.19. The number of unbranched alkanes of at least 4 members (excludes halogenated alkanes) is 12. The molecule has 3 unspecified atom stereocenters. The second-order valence-corrected chi connectivity index (χ2v) is 15.2. The summed E-state index contributed by atoms with van der Waals surface area (Å²) < 4.78 is 22.1. The number of nitrogens with two attached hydrogens (primary N) is 1. The topological polar surface area (TPSA) is 131 Å². The molecule has 55 heavy (non-hydrogen) atoms. The third kappa shape index (κ3) is 39.5. The summed E-state index contributed by atoms with van der Waals surface area (Å²) in [5, 5.41) is 13.6. The van der Waals surface area contributed by atoms with Crippen LogP contribution in [0.25, 0.3) is 0 Å². The highest BCUT2D eigenvalue weighted by Crippen LogP contribution is 2.43. The van der Waals surface area contributed by atoms with Crippen molar-refractivity contribution in [2.75, 3.05) is 19.8 Å². The Hall–Kier alpha value is -2.58. The fraction of sp³-hybridized carbons (Fsp3) is 0.630. The molecular weight excluding hydrogens is 707 g/mol. The van der Waals surface area contributed by atoms with Crippen LogP contribution in [0.1, 0.15) is 155 Å². The van der Waals surface area contributed by atoms with E-state index in [1.165, 1.54) is 64.2 Å². The molecular formula is C46H79N2O6P. The van der Waals surface area contributed by atoms with Crippen LogP contribution in [0.15, 0.2) is 97.2 Å². The minimum atomic E-state index is -4.37. The van der Waals surface area contributed by atoms with Gasteiger partial charge < -0.3 is 21.1 Å². The predicted octanol–water partition coefficient (Wildman–Crippen LogP) is 12.0. The molecule has 0 saturated carbocycles. The summed E-state index contributed by atoms with van der Waals surface area (Å²) >= 11 is 0. The Kier molecular flexibility index (Phi) is 39.1. The number of amides is 1. The average molecular weight is 787 g/mol. The number of rotatable bonds is 38. The smallest absolute Gasteiger partial charge is 0.387 e. The van der Waals surface area contributed by atoms with Crippen molar-refractivity contribution in [3.8, 4) is 0 Å². The number of allylic oxidation sites excluding steroid dienone is 15. The molecule has 0 aliphatic heterocycles. The number of phosphoric acid groups is 1. The molecule has 5 N–H and O–H groups in total. The van der Waals surface area contributed by atoms with Crippen molar-refractivity contribution >= 4 is 13.7 Å². The van der Waals surface area contributed by atoms with Crippen molar-refractivity contribution in [3.63, 3.8) is 0 Å². The van der Waals surface area contributed by atoms with Crippen LogP contribution in [0.2, 0.25) is 0 Å². The van der Waals surface area contributed by atoms with E-state index in [1.54, 1.807) is 6.08 Å². The maximum atomic E-state index is 12.7. The van der Waals surface area contributed by atoms with E-state index in [9.17, 15) is 19.4 Å². The molecule has 0 bridgehead atoms. The molecule has 0 radical (unpaired) electrons. The fourth-order valence-electron chi connectivity index (χ4n) is 5.43. The van der Waals surface area contributed by atoms with Gasteiger partial charge in [0.15, 0.2) is 0 Å². The lowest BCUT2D eigenvalue weighted by Crippen LogP contribution is -2.45. The van der Waals surface area contributed by atoms with E-state index < -0.39 is 26.6 Å². The van der Waals surface area contributed by atoms with Crippen LogP contribution in [0.4, 0.5) is 0 Å². The van der Waals surface area contributed by atoms with Crippen molar-refractivity contribution in [2.45, 2.75) is 167 Å². The Bertz CT molecular complexity index is 1170. The molecule has 0 rings (SSSR count). The van der Waals surface area contributed by atoms with E-state index in [0.29, 0.717) is 6.42 Å². The predicted molar refractivity (Wildman–Crippen MR) is 235 cm³/mol. The van der Waals surface area contributed by atoms with Crippen LogP contribution in [0, 0.1) is 0 Å². The number of nitrogens with one attached hydrogen (secondary N) is 1. The zero-order chi connectivity index (χ0) is 40.3. The lowest BCUT2D eigenvalue weighted by atomic mass is 10.1. The maximum Gasteiger partial charge on any atom is 0.472 e. The highest BCUT2D eigenvalue weighted by Gasteiger charge is 2.26. The average Bonchev–Trinajstić information content (AvgIpc) is 3.17. The first-order valence-electron chi connectivity index (χ1n) is 21.4. The first kappa shape index (κ1) is 52.4. The first-order valence-corrected chi connectivity index (χ1v) is 22.9. The van der Waals surface area contributed by atoms with Crippen LogP contribution in [0.3, 0.4) is 0 Å². The highest BCUT2D eigenvalue weighted by atomic mass is 31.2. The van der Waals surface area contributed by atoms with Crippen molar-refractivity contribution in [1.82, 2.24) is 5.32 Å². The van der Waals surface area contributed by atoms with Gasteiger partial charge in [-0.2, -0.15) is 0 Å².